The summed E-state index contributed by atoms with van der Waals surface area (Å²) in [6.45, 7) is 0.129. The van der Waals surface area contributed by atoms with E-state index in [1.807, 2.05) is 0 Å². The molecule has 0 aromatic heterocycles. The molecule has 1 aliphatic rings. The third-order valence-corrected chi connectivity index (χ3v) is 6.53. The number of halogens is 1. The highest BCUT2D eigenvalue weighted by Gasteiger charge is 2.32. The van der Waals surface area contributed by atoms with Crippen molar-refractivity contribution in [3.63, 3.8) is 0 Å². The van der Waals surface area contributed by atoms with Gasteiger partial charge < -0.3 is 14.4 Å². The molecule has 1 heterocycles. The Bertz CT molecular complexity index is 936. The van der Waals surface area contributed by atoms with Crippen LogP contribution in [0.25, 0.3) is 0 Å². The van der Waals surface area contributed by atoms with Crippen LogP contribution in [-0.2, 0) is 16.6 Å². The van der Waals surface area contributed by atoms with Crippen LogP contribution in [0.15, 0.2) is 64.8 Å². The van der Waals surface area contributed by atoms with E-state index >= 15 is 0 Å². The van der Waals surface area contributed by atoms with Crippen molar-refractivity contribution in [3.05, 3.63) is 65.5 Å². The molecule has 0 bridgehead atoms. The summed E-state index contributed by atoms with van der Waals surface area (Å²) in [6, 6.07) is 13.2. The van der Waals surface area contributed by atoms with Crippen LogP contribution in [0.5, 0.6) is 11.5 Å². The van der Waals surface area contributed by atoms with Crippen LogP contribution in [-0.4, -0.2) is 33.0 Å². The lowest BCUT2D eigenvalue weighted by atomic mass is 10.2. The molecule has 9 heteroatoms. The molecule has 144 valence electrons. The van der Waals surface area contributed by atoms with Crippen LogP contribution in [0, 0.1) is 0 Å². The minimum absolute atomic E-state index is 0.125. The van der Waals surface area contributed by atoms with Crippen molar-refractivity contribution in [2.75, 3.05) is 14.2 Å². The molecule has 1 aliphatic heterocycles. The fourth-order valence-electron chi connectivity index (χ4n) is 2.59. The minimum Gasteiger partial charge on any atom is -0.497 e. The summed E-state index contributed by atoms with van der Waals surface area (Å²) >= 11 is 1.05. The zero-order valence-electron chi connectivity index (χ0n) is 14.8. The summed E-state index contributed by atoms with van der Waals surface area (Å²) in [5, 5.41) is 1.29. The van der Waals surface area contributed by atoms with Gasteiger partial charge in [-0.05, 0) is 24.3 Å². The van der Waals surface area contributed by atoms with Gasteiger partial charge in [0.05, 0.1) is 25.7 Å². The topological polar surface area (TPSA) is 67.9 Å². The van der Waals surface area contributed by atoms with E-state index < -0.39 is 21.5 Å². The molecule has 0 fully saturated rings. The third-order valence-electron chi connectivity index (χ3n) is 4.00. The number of hydrogen-bond donors (Lipinski definition) is 1. The highest BCUT2D eigenvalue weighted by molar-refractivity contribution is 8.03. The Labute approximate surface area is 162 Å². The normalized spacial score (nSPS) is 16.9. The van der Waals surface area contributed by atoms with E-state index in [1.165, 1.54) is 29.6 Å². The Hall–Kier alpha value is -2.23. The maximum absolute atomic E-state index is 14.3. The van der Waals surface area contributed by atoms with Crippen molar-refractivity contribution in [3.8, 4) is 11.5 Å². The molecule has 0 saturated carbocycles. The van der Waals surface area contributed by atoms with Gasteiger partial charge in [0.15, 0.2) is 5.95 Å². The minimum atomic E-state index is -3.78. The van der Waals surface area contributed by atoms with E-state index in [1.54, 1.807) is 43.5 Å². The van der Waals surface area contributed by atoms with E-state index in [-0.39, 0.29) is 11.4 Å². The average Bonchev–Trinajstić information content (AvgIpc) is 3.02. The van der Waals surface area contributed by atoms with Crippen molar-refractivity contribution in [1.29, 1.82) is 0 Å². The van der Waals surface area contributed by atoms with Gasteiger partial charge in [-0.1, -0.05) is 30.0 Å². The molecule has 2 aromatic rings. The standard InChI is InChI=1S/C18H19FN2O4S2/c1-24-14-9-8-13(16(10-14)25-2)11-21-17(19)12-26-18(21)20-27(22,23)15-6-4-3-5-7-15/h3-10,12,18,20H,11H2,1-2H3. The van der Waals surface area contributed by atoms with Gasteiger partial charge in [-0.3, -0.25) is 0 Å². The first-order valence-electron chi connectivity index (χ1n) is 8.00. The SMILES string of the molecule is COc1ccc(CN2C(F)=CSC2NS(=O)(=O)c2ccccc2)c(OC)c1. The number of sulfonamides is 1. The monoisotopic (exact) mass is 410 g/mol. The number of nitrogens with zero attached hydrogens (tertiary/aromatic N) is 1. The molecule has 0 saturated heterocycles. The van der Waals surface area contributed by atoms with Gasteiger partial charge in [0.2, 0.25) is 10.0 Å². The summed E-state index contributed by atoms with van der Waals surface area (Å²) in [5.74, 6) is 0.631. The Kier molecular flexibility index (Phi) is 5.93. The van der Waals surface area contributed by atoms with Crippen LogP contribution in [0.2, 0.25) is 0 Å². The summed E-state index contributed by atoms with van der Waals surface area (Å²) in [5.41, 5.74) is -0.102. The second-order valence-electron chi connectivity index (χ2n) is 5.67. The summed E-state index contributed by atoms with van der Waals surface area (Å²) < 4.78 is 52.5. The number of ether oxygens (including phenoxy) is 2. The zero-order chi connectivity index (χ0) is 19.4. The van der Waals surface area contributed by atoms with Crippen molar-refractivity contribution in [2.45, 2.75) is 16.9 Å². The maximum Gasteiger partial charge on any atom is 0.242 e. The zero-order valence-corrected chi connectivity index (χ0v) is 16.4. The van der Waals surface area contributed by atoms with Crippen LogP contribution >= 0.6 is 11.8 Å². The van der Waals surface area contributed by atoms with Crippen LogP contribution in [0.1, 0.15) is 5.56 Å². The van der Waals surface area contributed by atoms with Gasteiger partial charge in [-0.2, -0.15) is 9.11 Å². The molecule has 27 heavy (non-hydrogen) atoms. The fraction of sp³-hybridized carbons (Fsp3) is 0.222. The van der Waals surface area contributed by atoms with Crippen molar-refractivity contribution >= 4 is 21.8 Å². The van der Waals surface area contributed by atoms with Crippen molar-refractivity contribution in [1.82, 2.24) is 9.62 Å². The first-order valence-corrected chi connectivity index (χ1v) is 10.4. The van der Waals surface area contributed by atoms with E-state index in [0.29, 0.717) is 17.1 Å². The Morgan fingerprint density at radius 1 is 1.15 bits per heavy atom. The van der Waals surface area contributed by atoms with Gasteiger partial charge >= 0.3 is 0 Å². The molecule has 6 nitrogen and oxygen atoms in total. The van der Waals surface area contributed by atoms with Gasteiger partial charge in [-0.15, -0.1) is 0 Å². The first-order chi connectivity index (χ1) is 12.9. The predicted octanol–water partition coefficient (Wildman–Crippen LogP) is 3.28. The molecule has 0 aliphatic carbocycles. The number of hydrogen-bond acceptors (Lipinski definition) is 6. The second kappa shape index (κ2) is 8.20. The summed E-state index contributed by atoms with van der Waals surface area (Å²) in [6.07, 6.45) is 0. The van der Waals surface area contributed by atoms with E-state index in [2.05, 4.69) is 4.72 Å². The lowest BCUT2D eigenvalue weighted by molar-refractivity contribution is 0.243. The van der Waals surface area contributed by atoms with Crippen LogP contribution < -0.4 is 14.2 Å². The predicted molar refractivity (Wildman–Crippen MR) is 102 cm³/mol. The average molecular weight is 410 g/mol. The van der Waals surface area contributed by atoms with E-state index in [9.17, 15) is 12.8 Å². The Balaban J connectivity index is 1.81. The van der Waals surface area contributed by atoms with Crippen LogP contribution in [0.3, 0.4) is 0 Å². The van der Waals surface area contributed by atoms with E-state index in [4.69, 9.17) is 9.47 Å². The van der Waals surface area contributed by atoms with Crippen molar-refractivity contribution < 1.29 is 22.3 Å². The molecular formula is C18H19FN2O4S2. The van der Waals surface area contributed by atoms with Gasteiger partial charge in [0.1, 0.15) is 17.0 Å². The molecule has 1 atom stereocenters. The molecule has 0 amide bonds. The fourth-order valence-corrected chi connectivity index (χ4v) is 4.94. The molecular weight excluding hydrogens is 391 g/mol. The number of methoxy groups -OCH3 is 2. The first kappa shape index (κ1) is 19.5. The lowest BCUT2D eigenvalue weighted by Gasteiger charge is -2.27. The van der Waals surface area contributed by atoms with Crippen molar-refractivity contribution in [2.24, 2.45) is 0 Å². The molecule has 0 spiro atoms. The van der Waals surface area contributed by atoms with Gasteiger partial charge in [-0.25, -0.2) is 8.42 Å². The Morgan fingerprint density at radius 3 is 2.56 bits per heavy atom. The molecule has 0 radical (unpaired) electrons. The smallest absolute Gasteiger partial charge is 0.242 e. The lowest BCUT2D eigenvalue weighted by Crippen LogP contribution is -2.42. The maximum atomic E-state index is 14.3. The Morgan fingerprint density at radius 2 is 1.89 bits per heavy atom. The quantitative estimate of drug-likeness (QED) is 0.707. The molecule has 3 rings (SSSR count). The second-order valence-corrected chi connectivity index (χ2v) is 8.34. The highest BCUT2D eigenvalue weighted by atomic mass is 32.2. The highest BCUT2D eigenvalue weighted by Crippen LogP contribution is 2.35. The largest absolute Gasteiger partial charge is 0.497 e. The number of thioether (sulfide) groups is 1. The summed E-state index contributed by atoms with van der Waals surface area (Å²) in [4.78, 5) is 1.45. The number of benzene rings is 2. The number of rotatable bonds is 7. The van der Waals surface area contributed by atoms with Crippen LogP contribution in [0.4, 0.5) is 4.39 Å². The molecule has 1 N–H and O–H groups in total. The van der Waals surface area contributed by atoms with Gasteiger partial charge in [0, 0.05) is 17.0 Å². The van der Waals surface area contributed by atoms with Gasteiger partial charge in [0.25, 0.3) is 0 Å². The number of nitrogens with one attached hydrogen (secondary N) is 1. The molecule has 1 unspecified atom stereocenters. The third kappa shape index (κ3) is 4.37. The molecule has 2 aromatic carbocycles. The van der Waals surface area contributed by atoms with E-state index in [0.717, 1.165) is 11.8 Å². The summed E-state index contributed by atoms with van der Waals surface area (Å²) in [7, 11) is -0.726.